The Kier molecular flexibility index (Phi) is 5.76. The van der Waals surface area contributed by atoms with Crippen LogP contribution in [-0.4, -0.2) is 64.3 Å². The van der Waals surface area contributed by atoms with E-state index in [0.29, 0.717) is 29.9 Å². The summed E-state index contributed by atoms with van der Waals surface area (Å²) >= 11 is 1.83. The van der Waals surface area contributed by atoms with Crippen LogP contribution in [0.3, 0.4) is 0 Å². The van der Waals surface area contributed by atoms with Gasteiger partial charge in [0.05, 0.1) is 5.56 Å². The molecular weight excluding hydrogens is 322 g/mol. The van der Waals surface area contributed by atoms with E-state index in [9.17, 15) is 9.59 Å². The molecule has 3 rings (SSSR count). The first-order valence-corrected chi connectivity index (χ1v) is 10.1. The second kappa shape index (κ2) is 8.01. The van der Waals surface area contributed by atoms with Crippen LogP contribution in [0.1, 0.15) is 36.0 Å². The molecule has 2 atom stereocenters. The third-order valence-corrected chi connectivity index (χ3v) is 5.78. The van der Waals surface area contributed by atoms with Crippen molar-refractivity contribution in [2.75, 3.05) is 31.6 Å². The Balaban J connectivity index is 1.64. The molecule has 0 bridgehead atoms. The van der Waals surface area contributed by atoms with Crippen molar-refractivity contribution in [2.24, 2.45) is 5.92 Å². The third-order valence-electron chi connectivity index (χ3n) is 5.09. The molecule has 1 aromatic heterocycles. The predicted octanol–water partition coefficient (Wildman–Crippen LogP) is 2.29. The van der Waals surface area contributed by atoms with E-state index in [-0.39, 0.29) is 5.91 Å². The number of carbonyl (C=O) groups is 2. The van der Waals surface area contributed by atoms with Gasteiger partial charge in [0.2, 0.25) is 5.91 Å². The van der Waals surface area contributed by atoms with E-state index in [0.717, 1.165) is 44.6 Å². The second-order valence-corrected chi connectivity index (χ2v) is 7.57. The number of likely N-dealkylation sites (tertiary alicyclic amines) is 2. The number of fused-ring (bicyclic) bond motifs is 1. The van der Waals surface area contributed by atoms with Crippen LogP contribution in [0.2, 0.25) is 0 Å². The first-order valence-electron chi connectivity index (χ1n) is 8.68. The fourth-order valence-electron chi connectivity index (χ4n) is 3.88. The SMILES string of the molecule is CSCCCN1C(=O)CC[C@H]2CN(C(=O)c3cccnc3)CC[C@H]21. The number of thioether (sulfide) groups is 1. The zero-order valence-corrected chi connectivity index (χ0v) is 15.0. The maximum absolute atomic E-state index is 12.6. The zero-order valence-electron chi connectivity index (χ0n) is 14.2. The Bertz CT molecular complexity index is 581. The van der Waals surface area contributed by atoms with E-state index in [2.05, 4.69) is 16.1 Å². The molecule has 0 N–H and O–H groups in total. The molecule has 0 aromatic carbocycles. The highest BCUT2D eigenvalue weighted by molar-refractivity contribution is 7.98. The van der Waals surface area contributed by atoms with Crippen molar-refractivity contribution in [3.63, 3.8) is 0 Å². The lowest BCUT2D eigenvalue weighted by Gasteiger charge is -2.47. The Morgan fingerprint density at radius 3 is 3.04 bits per heavy atom. The minimum atomic E-state index is 0.0624. The van der Waals surface area contributed by atoms with E-state index in [1.54, 1.807) is 18.5 Å². The highest BCUT2D eigenvalue weighted by atomic mass is 32.2. The van der Waals surface area contributed by atoms with Crippen LogP contribution in [0.25, 0.3) is 0 Å². The van der Waals surface area contributed by atoms with E-state index >= 15 is 0 Å². The first kappa shape index (κ1) is 17.3. The molecule has 6 heteroatoms. The van der Waals surface area contributed by atoms with Gasteiger partial charge in [-0.25, -0.2) is 0 Å². The Hall–Kier alpha value is -1.56. The monoisotopic (exact) mass is 347 g/mol. The van der Waals surface area contributed by atoms with Crippen molar-refractivity contribution >= 4 is 23.6 Å². The maximum atomic E-state index is 12.6. The van der Waals surface area contributed by atoms with Crippen LogP contribution in [0.4, 0.5) is 0 Å². The number of aromatic nitrogens is 1. The van der Waals surface area contributed by atoms with E-state index in [4.69, 9.17) is 0 Å². The van der Waals surface area contributed by atoms with Crippen molar-refractivity contribution in [3.8, 4) is 0 Å². The number of pyridine rings is 1. The Morgan fingerprint density at radius 1 is 1.42 bits per heavy atom. The lowest BCUT2D eigenvalue weighted by Crippen LogP contribution is -2.57. The van der Waals surface area contributed by atoms with Gasteiger partial charge in [0, 0.05) is 44.5 Å². The summed E-state index contributed by atoms with van der Waals surface area (Å²) in [4.78, 5) is 33.0. The minimum Gasteiger partial charge on any atom is -0.339 e. The van der Waals surface area contributed by atoms with Crippen LogP contribution < -0.4 is 0 Å². The average molecular weight is 347 g/mol. The quantitative estimate of drug-likeness (QED) is 0.767. The molecule has 1 aromatic rings. The molecule has 3 heterocycles. The number of hydrogen-bond donors (Lipinski definition) is 0. The molecule has 2 fully saturated rings. The van der Waals surface area contributed by atoms with Crippen LogP contribution in [0.5, 0.6) is 0 Å². The van der Waals surface area contributed by atoms with Crippen molar-refractivity contribution in [3.05, 3.63) is 30.1 Å². The van der Waals surface area contributed by atoms with Gasteiger partial charge in [-0.2, -0.15) is 11.8 Å². The Morgan fingerprint density at radius 2 is 2.29 bits per heavy atom. The molecule has 130 valence electrons. The van der Waals surface area contributed by atoms with Crippen LogP contribution in [0.15, 0.2) is 24.5 Å². The fraction of sp³-hybridized carbons (Fsp3) is 0.611. The second-order valence-electron chi connectivity index (χ2n) is 6.58. The smallest absolute Gasteiger partial charge is 0.255 e. The molecule has 0 unspecified atom stereocenters. The molecular formula is C18H25N3O2S. The summed E-state index contributed by atoms with van der Waals surface area (Å²) in [5.74, 6) is 1.86. The van der Waals surface area contributed by atoms with E-state index in [1.165, 1.54) is 0 Å². The van der Waals surface area contributed by atoms with Gasteiger partial charge in [-0.05, 0) is 49.3 Å². The molecule has 2 aliphatic rings. The van der Waals surface area contributed by atoms with Crippen LogP contribution >= 0.6 is 11.8 Å². The van der Waals surface area contributed by atoms with Gasteiger partial charge < -0.3 is 9.80 Å². The van der Waals surface area contributed by atoms with E-state index < -0.39 is 0 Å². The number of rotatable bonds is 5. The minimum absolute atomic E-state index is 0.0624. The van der Waals surface area contributed by atoms with Crippen molar-refractivity contribution in [1.29, 1.82) is 0 Å². The molecule has 2 amide bonds. The average Bonchev–Trinajstić information content (AvgIpc) is 2.63. The summed E-state index contributed by atoms with van der Waals surface area (Å²) in [7, 11) is 0. The van der Waals surface area contributed by atoms with Gasteiger partial charge in [0.25, 0.3) is 5.91 Å². The number of carbonyl (C=O) groups excluding carboxylic acids is 2. The number of hydrogen-bond acceptors (Lipinski definition) is 4. The molecule has 0 spiro atoms. The fourth-order valence-corrected chi connectivity index (χ4v) is 4.30. The lowest BCUT2D eigenvalue weighted by atomic mass is 9.83. The Labute approximate surface area is 147 Å². The van der Waals surface area contributed by atoms with Crippen molar-refractivity contribution in [2.45, 2.75) is 31.7 Å². The van der Waals surface area contributed by atoms with Gasteiger partial charge in [0.1, 0.15) is 0 Å². The lowest BCUT2D eigenvalue weighted by molar-refractivity contribution is -0.140. The number of amides is 2. The standard InChI is InChI=1S/C18H25N3O2S/c1-24-11-3-9-21-16-7-10-20(13-15(16)5-6-17(21)22)18(23)14-4-2-8-19-12-14/h2,4,8,12,15-16H,3,5-7,9-11,13H2,1H3/t15-,16+/m0/s1. The normalized spacial score (nSPS) is 24.0. The zero-order chi connectivity index (χ0) is 16.9. The highest BCUT2D eigenvalue weighted by Crippen LogP contribution is 2.32. The van der Waals surface area contributed by atoms with Gasteiger partial charge in [-0.1, -0.05) is 0 Å². The first-order chi connectivity index (χ1) is 11.7. The highest BCUT2D eigenvalue weighted by Gasteiger charge is 2.40. The number of piperidine rings is 2. The van der Waals surface area contributed by atoms with Crippen LogP contribution in [-0.2, 0) is 4.79 Å². The molecule has 0 radical (unpaired) electrons. The largest absolute Gasteiger partial charge is 0.339 e. The topological polar surface area (TPSA) is 53.5 Å². The van der Waals surface area contributed by atoms with Gasteiger partial charge in [-0.15, -0.1) is 0 Å². The summed E-state index contributed by atoms with van der Waals surface area (Å²) in [5, 5.41) is 0. The predicted molar refractivity (Wildman–Crippen MR) is 96.0 cm³/mol. The number of nitrogens with zero attached hydrogens (tertiary/aromatic N) is 3. The van der Waals surface area contributed by atoms with Crippen LogP contribution in [0, 0.1) is 5.92 Å². The molecule has 2 saturated heterocycles. The van der Waals surface area contributed by atoms with Crippen molar-refractivity contribution < 1.29 is 9.59 Å². The summed E-state index contributed by atoms with van der Waals surface area (Å²) in [6.07, 6.45) is 8.88. The third kappa shape index (κ3) is 3.74. The maximum Gasteiger partial charge on any atom is 0.255 e. The molecule has 0 aliphatic carbocycles. The summed E-state index contributed by atoms with van der Waals surface area (Å²) in [5.41, 5.74) is 0.652. The van der Waals surface area contributed by atoms with Crippen molar-refractivity contribution in [1.82, 2.24) is 14.8 Å². The van der Waals surface area contributed by atoms with E-state index in [1.807, 2.05) is 22.7 Å². The molecule has 0 saturated carbocycles. The van der Waals surface area contributed by atoms with Gasteiger partial charge in [0.15, 0.2) is 0 Å². The van der Waals surface area contributed by atoms with Gasteiger partial charge in [-0.3, -0.25) is 14.6 Å². The summed E-state index contributed by atoms with van der Waals surface area (Å²) < 4.78 is 0. The molecule has 24 heavy (non-hydrogen) atoms. The molecule has 5 nitrogen and oxygen atoms in total. The molecule has 2 aliphatic heterocycles. The summed E-state index contributed by atoms with van der Waals surface area (Å²) in [6.45, 7) is 2.34. The summed E-state index contributed by atoms with van der Waals surface area (Å²) in [6, 6.07) is 3.93. The van der Waals surface area contributed by atoms with Gasteiger partial charge >= 0.3 is 0 Å².